The molecule has 76 valence electrons. The van der Waals surface area contributed by atoms with Gasteiger partial charge in [0.25, 0.3) is 0 Å². The van der Waals surface area contributed by atoms with Gasteiger partial charge in [-0.2, -0.15) is 0 Å². The largest absolute Gasteiger partial charge is 0.375 e. The van der Waals surface area contributed by atoms with E-state index in [2.05, 4.69) is 18.7 Å². The number of rotatable bonds is 3. The molecule has 0 aromatic carbocycles. The molecule has 0 saturated carbocycles. The third-order valence-corrected chi connectivity index (χ3v) is 2.30. The third kappa shape index (κ3) is 3.32. The average molecular weight is 186 g/mol. The van der Waals surface area contributed by atoms with Gasteiger partial charge in [0.2, 0.25) is 5.91 Å². The van der Waals surface area contributed by atoms with Gasteiger partial charge in [0.15, 0.2) is 0 Å². The fraction of sp³-hybridized carbons (Fsp3) is 0.889. The first-order valence-electron chi connectivity index (χ1n) is 4.72. The van der Waals surface area contributed by atoms with Gasteiger partial charge in [0.1, 0.15) is 0 Å². The van der Waals surface area contributed by atoms with Crippen LogP contribution in [-0.4, -0.2) is 43.2 Å². The molecular weight excluding hydrogens is 168 g/mol. The Kier molecular flexibility index (Phi) is 3.69. The standard InChI is InChI=1S/C9H18N2O2/c1-7(2)8-5-11(3-4-13-8)6-9(10)12/h7-8H,3-6H2,1-2H3,(H2,10,12). The second-order valence-corrected chi connectivity index (χ2v) is 3.85. The topological polar surface area (TPSA) is 55.6 Å². The monoisotopic (exact) mass is 186 g/mol. The normalized spacial score (nSPS) is 25.0. The molecule has 1 fully saturated rings. The fourth-order valence-corrected chi connectivity index (χ4v) is 1.50. The van der Waals surface area contributed by atoms with E-state index in [-0.39, 0.29) is 12.0 Å². The minimum atomic E-state index is -0.260. The van der Waals surface area contributed by atoms with E-state index in [1.54, 1.807) is 0 Å². The number of amides is 1. The van der Waals surface area contributed by atoms with Gasteiger partial charge in [0.05, 0.1) is 19.3 Å². The van der Waals surface area contributed by atoms with Crippen LogP contribution in [-0.2, 0) is 9.53 Å². The summed E-state index contributed by atoms with van der Waals surface area (Å²) < 4.78 is 5.56. The average Bonchev–Trinajstić information content (AvgIpc) is 2.03. The van der Waals surface area contributed by atoms with E-state index in [1.807, 2.05) is 0 Å². The van der Waals surface area contributed by atoms with Gasteiger partial charge in [-0.3, -0.25) is 9.69 Å². The summed E-state index contributed by atoms with van der Waals surface area (Å²) in [6.07, 6.45) is 0.244. The molecule has 1 amide bonds. The van der Waals surface area contributed by atoms with Gasteiger partial charge in [-0.1, -0.05) is 13.8 Å². The minimum Gasteiger partial charge on any atom is -0.375 e. The lowest BCUT2D eigenvalue weighted by Gasteiger charge is -2.34. The smallest absolute Gasteiger partial charge is 0.231 e. The first-order chi connectivity index (χ1) is 6.09. The number of carbonyl (C=O) groups excluding carboxylic acids is 1. The molecule has 0 radical (unpaired) electrons. The summed E-state index contributed by atoms with van der Waals surface area (Å²) in [5.41, 5.74) is 5.12. The summed E-state index contributed by atoms with van der Waals surface area (Å²) in [4.78, 5) is 12.7. The molecule has 0 aromatic heterocycles. The molecule has 4 heteroatoms. The molecule has 1 saturated heterocycles. The molecule has 0 bridgehead atoms. The molecule has 1 atom stereocenters. The lowest BCUT2D eigenvalue weighted by Crippen LogP contribution is -2.47. The molecule has 0 aromatic rings. The summed E-state index contributed by atoms with van der Waals surface area (Å²) in [6, 6.07) is 0. The van der Waals surface area contributed by atoms with Crippen molar-refractivity contribution in [2.24, 2.45) is 11.7 Å². The summed E-state index contributed by atoms with van der Waals surface area (Å²) in [5.74, 6) is 0.236. The molecule has 1 unspecified atom stereocenters. The molecule has 1 aliphatic rings. The van der Waals surface area contributed by atoms with Crippen LogP contribution in [0, 0.1) is 5.92 Å². The molecule has 1 heterocycles. The van der Waals surface area contributed by atoms with Crippen LogP contribution in [0.15, 0.2) is 0 Å². The molecule has 4 nitrogen and oxygen atoms in total. The maximum atomic E-state index is 10.7. The van der Waals surface area contributed by atoms with Gasteiger partial charge in [-0.25, -0.2) is 0 Å². The lowest BCUT2D eigenvalue weighted by atomic mass is 10.1. The molecule has 0 spiro atoms. The van der Waals surface area contributed by atoms with E-state index in [4.69, 9.17) is 10.5 Å². The number of ether oxygens (including phenoxy) is 1. The van der Waals surface area contributed by atoms with Gasteiger partial charge in [0, 0.05) is 13.1 Å². The van der Waals surface area contributed by atoms with E-state index in [9.17, 15) is 4.79 Å². The van der Waals surface area contributed by atoms with E-state index in [0.717, 1.165) is 13.1 Å². The summed E-state index contributed by atoms with van der Waals surface area (Å²) in [6.45, 7) is 6.94. The number of nitrogens with zero attached hydrogens (tertiary/aromatic N) is 1. The Balaban J connectivity index is 2.37. The Labute approximate surface area is 79.0 Å². The Bertz CT molecular complexity index is 182. The van der Waals surface area contributed by atoms with E-state index >= 15 is 0 Å². The number of hydrogen-bond acceptors (Lipinski definition) is 3. The zero-order valence-corrected chi connectivity index (χ0v) is 8.32. The highest BCUT2D eigenvalue weighted by molar-refractivity contribution is 5.75. The second kappa shape index (κ2) is 4.58. The van der Waals surface area contributed by atoms with Crippen LogP contribution in [0.5, 0.6) is 0 Å². The van der Waals surface area contributed by atoms with Gasteiger partial charge >= 0.3 is 0 Å². The van der Waals surface area contributed by atoms with E-state index < -0.39 is 0 Å². The fourth-order valence-electron chi connectivity index (χ4n) is 1.50. The number of hydrogen-bond donors (Lipinski definition) is 1. The van der Waals surface area contributed by atoms with Crippen molar-refractivity contribution in [2.45, 2.75) is 20.0 Å². The zero-order chi connectivity index (χ0) is 9.84. The molecular formula is C9H18N2O2. The molecule has 0 aliphatic carbocycles. The van der Waals surface area contributed by atoms with Gasteiger partial charge < -0.3 is 10.5 Å². The Morgan fingerprint density at radius 3 is 2.92 bits per heavy atom. The number of primary amides is 1. The molecule has 1 rings (SSSR count). The highest BCUT2D eigenvalue weighted by Gasteiger charge is 2.23. The van der Waals surface area contributed by atoms with Crippen molar-refractivity contribution < 1.29 is 9.53 Å². The number of morpholine rings is 1. The molecule has 1 aliphatic heterocycles. The van der Waals surface area contributed by atoms with E-state index in [1.165, 1.54) is 0 Å². The van der Waals surface area contributed by atoms with Crippen molar-refractivity contribution in [2.75, 3.05) is 26.2 Å². The molecule has 13 heavy (non-hydrogen) atoms. The maximum Gasteiger partial charge on any atom is 0.231 e. The Morgan fingerprint density at radius 1 is 1.69 bits per heavy atom. The Hall–Kier alpha value is -0.610. The quantitative estimate of drug-likeness (QED) is 0.665. The lowest BCUT2D eigenvalue weighted by molar-refractivity contribution is -0.121. The second-order valence-electron chi connectivity index (χ2n) is 3.85. The van der Waals surface area contributed by atoms with Crippen LogP contribution in [0.2, 0.25) is 0 Å². The summed E-state index contributed by atoms with van der Waals surface area (Å²) in [5, 5.41) is 0. The first-order valence-corrected chi connectivity index (χ1v) is 4.72. The van der Waals surface area contributed by atoms with Crippen molar-refractivity contribution in [3.05, 3.63) is 0 Å². The SMILES string of the molecule is CC(C)C1CN(CC(N)=O)CCO1. The van der Waals surface area contributed by atoms with Crippen molar-refractivity contribution in [3.63, 3.8) is 0 Å². The van der Waals surface area contributed by atoms with Crippen LogP contribution in [0.4, 0.5) is 0 Å². The van der Waals surface area contributed by atoms with Crippen molar-refractivity contribution in [1.29, 1.82) is 0 Å². The summed E-state index contributed by atoms with van der Waals surface area (Å²) >= 11 is 0. The number of nitrogens with two attached hydrogens (primary N) is 1. The van der Waals surface area contributed by atoms with Crippen molar-refractivity contribution in [1.82, 2.24) is 4.90 Å². The van der Waals surface area contributed by atoms with Crippen LogP contribution in [0.25, 0.3) is 0 Å². The van der Waals surface area contributed by atoms with Gasteiger partial charge in [-0.15, -0.1) is 0 Å². The van der Waals surface area contributed by atoms with E-state index in [0.29, 0.717) is 19.1 Å². The van der Waals surface area contributed by atoms with Crippen molar-refractivity contribution >= 4 is 5.91 Å². The minimum absolute atomic E-state index is 0.244. The maximum absolute atomic E-state index is 10.7. The highest BCUT2D eigenvalue weighted by Crippen LogP contribution is 2.12. The van der Waals surface area contributed by atoms with Crippen LogP contribution in [0.1, 0.15) is 13.8 Å². The van der Waals surface area contributed by atoms with Crippen LogP contribution >= 0.6 is 0 Å². The predicted octanol–water partition coefficient (Wildman–Crippen LogP) is -0.171. The Morgan fingerprint density at radius 2 is 2.38 bits per heavy atom. The zero-order valence-electron chi connectivity index (χ0n) is 8.32. The van der Waals surface area contributed by atoms with Crippen molar-refractivity contribution in [3.8, 4) is 0 Å². The summed E-state index contributed by atoms with van der Waals surface area (Å²) in [7, 11) is 0. The third-order valence-electron chi connectivity index (χ3n) is 2.30. The number of carbonyl (C=O) groups is 1. The van der Waals surface area contributed by atoms with Gasteiger partial charge in [-0.05, 0) is 5.92 Å². The van der Waals surface area contributed by atoms with Crippen LogP contribution < -0.4 is 5.73 Å². The first kappa shape index (κ1) is 10.5. The highest BCUT2D eigenvalue weighted by atomic mass is 16.5. The van der Waals surface area contributed by atoms with Crippen LogP contribution in [0.3, 0.4) is 0 Å². The predicted molar refractivity (Wildman–Crippen MR) is 50.2 cm³/mol. The molecule has 2 N–H and O–H groups in total.